The van der Waals surface area contributed by atoms with Crippen molar-refractivity contribution in [3.05, 3.63) is 23.3 Å². The summed E-state index contributed by atoms with van der Waals surface area (Å²) < 4.78 is 5.25. The fourth-order valence-corrected chi connectivity index (χ4v) is 3.34. The summed E-state index contributed by atoms with van der Waals surface area (Å²) in [5.41, 5.74) is 2.48. The van der Waals surface area contributed by atoms with Crippen molar-refractivity contribution in [2.45, 2.75) is 45.3 Å². The molecule has 1 aliphatic carbocycles. The molecule has 1 heterocycles. The second-order valence-electron chi connectivity index (χ2n) is 5.65. The lowest BCUT2D eigenvalue weighted by molar-refractivity contribution is -0.139. The van der Waals surface area contributed by atoms with Crippen molar-refractivity contribution < 1.29 is 19.7 Å². The molecule has 0 unspecified atom stereocenters. The summed E-state index contributed by atoms with van der Waals surface area (Å²) in [6.07, 6.45) is 1.27. The van der Waals surface area contributed by atoms with E-state index in [2.05, 4.69) is 13.5 Å². The van der Waals surface area contributed by atoms with Crippen LogP contribution in [0.1, 0.15) is 33.1 Å². The first kappa shape index (κ1) is 14.3. The van der Waals surface area contributed by atoms with Gasteiger partial charge in [0.05, 0.1) is 12.0 Å². The molecule has 19 heavy (non-hydrogen) atoms. The summed E-state index contributed by atoms with van der Waals surface area (Å²) in [5, 5.41) is 19.5. The minimum atomic E-state index is -0.689. The van der Waals surface area contributed by atoms with Gasteiger partial charge in [0.25, 0.3) is 0 Å². The van der Waals surface area contributed by atoms with Crippen LogP contribution in [0.15, 0.2) is 23.3 Å². The molecule has 2 rings (SSSR count). The van der Waals surface area contributed by atoms with E-state index in [0.717, 1.165) is 24.0 Å². The van der Waals surface area contributed by atoms with Gasteiger partial charge in [-0.05, 0) is 31.3 Å². The molecule has 2 N–H and O–H groups in total. The van der Waals surface area contributed by atoms with E-state index in [1.807, 2.05) is 6.92 Å². The van der Waals surface area contributed by atoms with Crippen molar-refractivity contribution in [1.82, 2.24) is 0 Å². The van der Waals surface area contributed by atoms with Gasteiger partial charge >= 0.3 is 5.97 Å². The number of ether oxygens (including phenoxy) is 1. The van der Waals surface area contributed by atoms with Crippen molar-refractivity contribution in [2.75, 3.05) is 6.61 Å². The number of carbonyl (C=O) groups excluding carboxylic acids is 1. The highest BCUT2D eigenvalue weighted by Gasteiger charge is 2.47. The van der Waals surface area contributed by atoms with Gasteiger partial charge in [-0.1, -0.05) is 19.1 Å². The highest BCUT2D eigenvalue weighted by atomic mass is 16.6. The number of hydrogen-bond donors (Lipinski definition) is 2. The van der Waals surface area contributed by atoms with E-state index >= 15 is 0 Å². The predicted octanol–water partition coefficient (Wildman–Crippen LogP) is 1.57. The quantitative estimate of drug-likeness (QED) is 0.460. The lowest BCUT2D eigenvalue weighted by Crippen LogP contribution is -2.37. The number of aliphatic hydroxyl groups is 2. The average Bonchev–Trinajstić information content (AvgIpc) is 2.62. The normalized spacial score (nSPS) is 32.3. The Balaban J connectivity index is 2.22. The lowest BCUT2D eigenvalue weighted by Gasteiger charge is -2.35. The fraction of sp³-hybridized carbons (Fsp3) is 0.667. The molecule has 0 amide bonds. The minimum Gasteiger partial charge on any atom is -0.458 e. The van der Waals surface area contributed by atoms with Crippen molar-refractivity contribution in [3.8, 4) is 0 Å². The zero-order chi connectivity index (χ0) is 14.2. The molecule has 2 aliphatic rings. The van der Waals surface area contributed by atoms with Gasteiger partial charge in [-0.25, -0.2) is 4.79 Å². The van der Waals surface area contributed by atoms with E-state index < -0.39 is 6.10 Å². The first-order chi connectivity index (χ1) is 8.97. The van der Waals surface area contributed by atoms with E-state index in [0.29, 0.717) is 12.0 Å². The molecule has 106 valence electrons. The Morgan fingerprint density at radius 1 is 1.53 bits per heavy atom. The monoisotopic (exact) mass is 266 g/mol. The summed E-state index contributed by atoms with van der Waals surface area (Å²) in [4.78, 5) is 11.6. The van der Waals surface area contributed by atoms with Crippen LogP contribution < -0.4 is 0 Å². The van der Waals surface area contributed by atoms with Crippen LogP contribution in [0.2, 0.25) is 0 Å². The predicted molar refractivity (Wildman–Crippen MR) is 71.3 cm³/mol. The molecule has 1 fully saturated rings. The van der Waals surface area contributed by atoms with Crippen LogP contribution in [0, 0.1) is 11.8 Å². The standard InChI is InChI=1S/C15H22O4/c1-8(5-4-6-16)12-9(2)7-11-13(14(12)17)10(3)15(18)19-11/h8,11,13-14,16-17H,3-7H2,1-2H3/t8-,11-,13-,14-/m1/s1. The Hall–Kier alpha value is -1.13. The average molecular weight is 266 g/mol. The highest BCUT2D eigenvalue weighted by molar-refractivity contribution is 5.91. The van der Waals surface area contributed by atoms with E-state index in [4.69, 9.17) is 9.84 Å². The SMILES string of the molecule is C=C1C(=O)O[C@@H]2CC(C)=C([C@H](C)CCCO)[C@@H](O)[C@H]12. The van der Waals surface area contributed by atoms with E-state index in [-0.39, 0.29) is 30.5 Å². The van der Waals surface area contributed by atoms with Gasteiger partial charge in [-0.15, -0.1) is 0 Å². The maximum Gasteiger partial charge on any atom is 0.334 e. The topological polar surface area (TPSA) is 66.8 Å². The van der Waals surface area contributed by atoms with Gasteiger partial charge in [-0.2, -0.15) is 0 Å². The first-order valence-corrected chi connectivity index (χ1v) is 6.85. The Morgan fingerprint density at radius 3 is 2.84 bits per heavy atom. The van der Waals surface area contributed by atoms with Gasteiger partial charge in [-0.3, -0.25) is 0 Å². The largest absolute Gasteiger partial charge is 0.458 e. The van der Waals surface area contributed by atoms with Gasteiger partial charge in [0.15, 0.2) is 0 Å². The molecular weight excluding hydrogens is 244 g/mol. The molecule has 0 bridgehead atoms. The summed E-state index contributed by atoms with van der Waals surface area (Å²) in [5.74, 6) is -0.486. The molecule has 0 aromatic carbocycles. The van der Waals surface area contributed by atoms with Crippen molar-refractivity contribution in [3.63, 3.8) is 0 Å². The summed E-state index contributed by atoms with van der Waals surface area (Å²) in [6, 6.07) is 0. The van der Waals surface area contributed by atoms with Gasteiger partial charge in [0.2, 0.25) is 0 Å². The lowest BCUT2D eigenvalue weighted by atomic mass is 9.73. The maximum absolute atomic E-state index is 11.6. The number of fused-ring (bicyclic) bond motifs is 1. The number of aliphatic hydroxyl groups excluding tert-OH is 2. The molecule has 0 aromatic rings. The fourth-order valence-electron chi connectivity index (χ4n) is 3.34. The minimum absolute atomic E-state index is 0.160. The summed E-state index contributed by atoms with van der Waals surface area (Å²) in [7, 11) is 0. The number of esters is 1. The number of carbonyl (C=O) groups is 1. The molecule has 4 heteroatoms. The van der Waals surface area contributed by atoms with Crippen LogP contribution in [0.3, 0.4) is 0 Å². The molecule has 4 nitrogen and oxygen atoms in total. The van der Waals surface area contributed by atoms with Gasteiger partial charge < -0.3 is 14.9 Å². The van der Waals surface area contributed by atoms with Crippen LogP contribution in [-0.4, -0.2) is 35.0 Å². The molecule has 0 spiro atoms. The molecule has 1 aliphatic heterocycles. The second-order valence-corrected chi connectivity index (χ2v) is 5.65. The third-order valence-corrected chi connectivity index (χ3v) is 4.31. The van der Waals surface area contributed by atoms with Crippen molar-refractivity contribution in [2.24, 2.45) is 11.8 Å². The van der Waals surface area contributed by atoms with E-state index in [9.17, 15) is 9.90 Å². The smallest absolute Gasteiger partial charge is 0.334 e. The first-order valence-electron chi connectivity index (χ1n) is 6.85. The highest BCUT2D eigenvalue weighted by Crippen LogP contribution is 2.43. The molecule has 0 radical (unpaired) electrons. The molecule has 0 aromatic heterocycles. The van der Waals surface area contributed by atoms with Crippen LogP contribution in [0.25, 0.3) is 0 Å². The zero-order valence-corrected chi connectivity index (χ0v) is 11.6. The third kappa shape index (κ3) is 2.47. The van der Waals surface area contributed by atoms with Crippen LogP contribution in [-0.2, 0) is 9.53 Å². The molecule has 4 atom stereocenters. The van der Waals surface area contributed by atoms with Crippen molar-refractivity contribution >= 4 is 5.97 Å². The summed E-state index contributed by atoms with van der Waals surface area (Å²) in [6.45, 7) is 7.95. The second kappa shape index (κ2) is 5.47. The Kier molecular flexibility index (Phi) is 4.11. The van der Waals surface area contributed by atoms with Crippen LogP contribution in [0.5, 0.6) is 0 Å². The zero-order valence-electron chi connectivity index (χ0n) is 11.6. The molecular formula is C15H22O4. The van der Waals surface area contributed by atoms with Gasteiger partial charge in [0.1, 0.15) is 6.10 Å². The Labute approximate surface area is 113 Å². The Bertz CT molecular complexity index is 424. The number of rotatable bonds is 4. The van der Waals surface area contributed by atoms with E-state index in [1.165, 1.54) is 0 Å². The van der Waals surface area contributed by atoms with E-state index in [1.54, 1.807) is 0 Å². The third-order valence-electron chi connectivity index (χ3n) is 4.31. The summed E-state index contributed by atoms with van der Waals surface area (Å²) >= 11 is 0. The number of hydrogen-bond acceptors (Lipinski definition) is 4. The van der Waals surface area contributed by atoms with Crippen LogP contribution >= 0.6 is 0 Å². The maximum atomic E-state index is 11.6. The Morgan fingerprint density at radius 2 is 2.21 bits per heavy atom. The van der Waals surface area contributed by atoms with Gasteiger partial charge in [0, 0.05) is 18.6 Å². The molecule has 1 saturated heterocycles. The van der Waals surface area contributed by atoms with Crippen molar-refractivity contribution in [1.29, 1.82) is 0 Å². The molecule has 0 saturated carbocycles. The van der Waals surface area contributed by atoms with Crippen LogP contribution in [0.4, 0.5) is 0 Å².